The second kappa shape index (κ2) is 12.1. The summed E-state index contributed by atoms with van der Waals surface area (Å²) in [7, 11) is 0. The van der Waals surface area contributed by atoms with Crippen molar-refractivity contribution in [1.29, 1.82) is 0 Å². The van der Waals surface area contributed by atoms with Crippen LogP contribution in [0.2, 0.25) is 0 Å². The van der Waals surface area contributed by atoms with Crippen molar-refractivity contribution in [2.45, 2.75) is 13.5 Å². The number of anilines is 2. The summed E-state index contributed by atoms with van der Waals surface area (Å²) in [6.45, 7) is 11.2. The first-order chi connectivity index (χ1) is 14.8. The third kappa shape index (κ3) is 6.26. The SMILES string of the molecule is CCNC(=NCc1ccccc1N1CCOCC1)N1CCN(c2ccccc2)CC1.I. The zero-order valence-electron chi connectivity index (χ0n) is 18.4. The Kier molecular flexibility index (Phi) is 9.27. The lowest BCUT2D eigenvalue weighted by atomic mass is 10.1. The van der Waals surface area contributed by atoms with Gasteiger partial charge in [0, 0.05) is 57.2 Å². The monoisotopic (exact) mass is 535 g/mol. The summed E-state index contributed by atoms with van der Waals surface area (Å²) in [5, 5.41) is 3.50. The van der Waals surface area contributed by atoms with E-state index in [2.05, 4.69) is 81.5 Å². The van der Waals surface area contributed by atoms with Gasteiger partial charge in [-0.1, -0.05) is 36.4 Å². The van der Waals surface area contributed by atoms with E-state index in [9.17, 15) is 0 Å². The second-order valence-electron chi connectivity index (χ2n) is 7.71. The molecule has 6 nitrogen and oxygen atoms in total. The molecule has 31 heavy (non-hydrogen) atoms. The van der Waals surface area contributed by atoms with Crippen LogP contribution in [0.25, 0.3) is 0 Å². The molecule has 0 radical (unpaired) electrons. The van der Waals surface area contributed by atoms with Crippen LogP contribution in [-0.4, -0.2) is 69.9 Å². The first-order valence-electron chi connectivity index (χ1n) is 11.1. The minimum atomic E-state index is 0. The maximum atomic E-state index is 5.52. The molecule has 7 heteroatoms. The van der Waals surface area contributed by atoms with E-state index < -0.39 is 0 Å². The average Bonchev–Trinajstić information content (AvgIpc) is 2.83. The number of halogens is 1. The molecule has 2 saturated heterocycles. The molecule has 0 unspecified atom stereocenters. The minimum Gasteiger partial charge on any atom is -0.378 e. The first kappa shape index (κ1) is 23.7. The van der Waals surface area contributed by atoms with Crippen LogP contribution in [0.3, 0.4) is 0 Å². The van der Waals surface area contributed by atoms with Crippen molar-refractivity contribution in [2.75, 3.05) is 68.8 Å². The third-order valence-electron chi connectivity index (χ3n) is 5.78. The van der Waals surface area contributed by atoms with Gasteiger partial charge in [-0.15, -0.1) is 24.0 Å². The zero-order valence-corrected chi connectivity index (χ0v) is 20.7. The normalized spacial score (nSPS) is 17.3. The number of hydrogen-bond donors (Lipinski definition) is 1. The van der Waals surface area contributed by atoms with Crippen LogP contribution in [0, 0.1) is 0 Å². The lowest BCUT2D eigenvalue weighted by molar-refractivity contribution is 0.122. The fraction of sp³-hybridized carbons (Fsp3) is 0.458. The van der Waals surface area contributed by atoms with Gasteiger partial charge in [0.15, 0.2) is 5.96 Å². The van der Waals surface area contributed by atoms with Crippen molar-refractivity contribution in [3.63, 3.8) is 0 Å². The summed E-state index contributed by atoms with van der Waals surface area (Å²) in [4.78, 5) is 12.3. The summed E-state index contributed by atoms with van der Waals surface area (Å²) in [5.41, 5.74) is 3.87. The predicted octanol–water partition coefficient (Wildman–Crippen LogP) is 3.43. The Morgan fingerprint density at radius 3 is 2.26 bits per heavy atom. The zero-order chi connectivity index (χ0) is 20.6. The van der Waals surface area contributed by atoms with Gasteiger partial charge in [0.25, 0.3) is 0 Å². The maximum Gasteiger partial charge on any atom is 0.194 e. The number of ether oxygens (including phenoxy) is 1. The van der Waals surface area contributed by atoms with Gasteiger partial charge < -0.3 is 24.8 Å². The molecule has 2 heterocycles. The molecular weight excluding hydrogens is 501 g/mol. The quantitative estimate of drug-likeness (QED) is 0.361. The number of benzene rings is 2. The maximum absolute atomic E-state index is 5.52. The molecule has 0 atom stereocenters. The summed E-state index contributed by atoms with van der Waals surface area (Å²) < 4.78 is 5.52. The number of nitrogens with one attached hydrogen (secondary N) is 1. The second-order valence-corrected chi connectivity index (χ2v) is 7.71. The van der Waals surface area contributed by atoms with Crippen LogP contribution in [0.15, 0.2) is 59.6 Å². The number of para-hydroxylation sites is 2. The van der Waals surface area contributed by atoms with Crippen LogP contribution < -0.4 is 15.1 Å². The van der Waals surface area contributed by atoms with E-state index in [1.54, 1.807) is 0 Å². The van der Waals surface area contributed by atoms with E-state index in [0.717, 1.165) is 65.0 Å². The molecule has 1 N–H and O–H groups in total. The lowest BCUT2D eigenvalue weighted by Gasteiger charge is -2.37. The van der Waals surface area contributed by atoms with Crippen LogP contribution in [0.1, 0.15) is 12.5 Å². The topological polar surface area (TPSA) is 43.3 Å². The largest absolute Gasteiger partial charge is 0.378 e. The van der Waals surface area contributed by atoms with Crippen molar-refractivity contribution in [3.8, 4) is 0 Å². The molecule has 4 rings (SSSR count). The molecule has 2 aliphatic rings. The smallest absolute Gasteiger partial charge is 0.194 e. The summed E-state index contributed by atoms with van der Waals surface area (Å²) >= 11 is 0. The Morgan fingerprint density at radius 1 is 0.871 bits per heavy atom. The van der Waals surface area contributed by atoms with Crippen LogP contribution >= 0.6 is 24.0 Å². The van der Waals surface area contributed by atoms with Gasteiger partial charge in [-0.05, 0) is 30.7 Å². The number of aliphatic imine (C=N–C) groups is 1. The lowest BCUT2D eigenvalue weighted by Crippen LogP contribution is -2.52. The van der Waals surface area contributed by atoms with Crippen molar-refractivity contribution < 1.29 is 4.74 Å². The van der Waals surface area contributed by atoms with Gasteiger partial charge in [-0.3, -0.25) is 0 Å². The molecule has 0 bridgehead atoms. The number of piperazine rings is 1. The van der Waals surface area contributed by atoms with Gasteiger partial charge in [-0.25, -0.2) is 4.99 Å². The van der Waals surface area contributed by atoms with Crippen LogP contribution in [-0.2, 0) is 11.3 Å². The van der Waals surface area contributed by atoms with Gasteiger partial charge in [0.2, 0.25) is 0 Å². The van der Waals surface area contributed by atoms with Gasteiger partial charge in [-0.2, -0.15) is 0 Å². The molecular formula is C24H34IN5O. The molecule has 2 aliphatic heterocycles. The highest BCUT2D eigenvalue weighted by Crippen LogP contribution is 2.22. The number of hydrogen-bond acceptors (Lipinski definition) is 4. The average molecular weight is 535 g/mol. The Morgan fingerprint density at radius 2 is 1.55 bits per heavy atom. The molecule has 0 aliphatic carbocycles. The predicted molar refractivity (Wildman–Crippen MR) is 140 cm³/mol. The van der Waals surface area contributed by atoms with E-state index >= 15 is 0 Å². The number of rotatable bonds is 5. The van der Waals surface area contributed by atoms with E-state index in [0.29, 0.717) is 6.54 Å². The van der Waals surface area contributed by atoms with Crippen molar-refractivity contribution >= 4 is 41.3 Å². The summed E-state index contributed by atoms with van der Waals surface area (Å²) in [5.74, 6) is 1.02. The van der Waals surface area contributed by atoms with Gasteiger partial charge >= 0.3 is 0 Å². The molecule has 2 aromatic rings. The number of guanidine groups is 1. The Bertz CT molecular complexity index is 818. The van der Waals surface area contributed by atoms with Gasteiger partial charge in [0.1, 0.15) is 0 Å². The molecule has 0 amide bonds. The van der Waals surface area contributed by atoms with Crippen molar-refractivity contribution in [1.82, 2.24) is 10.2 Å². The van der Waals surface area contributed by atoms with E-state index in [1.807, 2.05) is 0 Å². The Labute approximate surface area is 203 Å². The van der Waals surface area contributed by atoms with E-state index in [1.165, 1.54) is 16.9 Å². The third-order valence-corrected chi connectivity index (χ3v) is 5.78. The van der Waals surface area contributed by atoms with Crippen molar-refractivity contribution in [3.05, 3.63) is 60.2 Å². The minimum absolute atomic E-state index is 0. The van der Waals surface area contributed by atoms with Gasteiger partial charge in [0.05, 0.1) is 19.8 Å². The molecule has 0 saturated carbocycles. The molecule has 2 fully saturated rings. The van der Waals surface area contributed by atoms with Crippen LogP contribution in [0.4, 0.5) is 11.4 Å². The molecule has 0 spiro atoms. The fourth-order valence-corrected chi connectivity index (χ4v) is 4.16. The molecule has 168 valence electrons. The highest BCUT2D eigenvalue weighted by atomic mass is 127. The summed E-state index contributed by atoms with van der Waals surface area (Å²) in [6.07, 6.45) is 0. The molecule has 2 aromatic carbocycles. The van der Waals surface area contributed by atoms with Crippen molar-refractivity contribution in [2.24, 2.45) is 4.99 Å². The Balaban J connectivity index is 0.00000272. The number of nitrogens with zero attached hydrogens (tertiary/aromatic N) is 4. The number of morpholine rings is 1. The Hall–Kier alpha value is -2.00. The van der Waals surface area contributed by atoms with Crippen LogP contribution in [0.5, 0.6) is 0 Å². The first-order valence-corrected chi connectivity index (χ1v) is 11.1. The highest BCUT2D eigenvalue weighted by molar-refractivity contribution is 14.0. The standard InChI is InChI=1S/C24H33N5O.HI/c1-2-25-24(29-14-12-27(13-15-29)22-9-4-3-5-10-22)26-20-21-8-6-7-11-23(21)28-16-18-30-19-17-28;/h3-11H,2,12-20H2,1H3,(H,25,26);1H. The molecule has 0 aromatic heterocycles. The van der Waals surface area contributed by atoms with E-state index in [4.69, 9.17) is 9.73 Å². The van der Waals surface area contributed by atoms with E-state index in [-0.39, 0.29) is 24.0 Å². The summed E-state index contributed by atoms with van der Waals surface area (Å²) in [6, 6.07) is 19.3. The fourth-order valence-electron chi connectivity index (χ4n) is 4.16. The highest BCUT2D eigenvalue weighted by Gasteiger charge is 2.20.